The van der Waals surface area contributed by atoms with Crippen molar-refractivity contribution in [3.8, 4) is 0 Å². The van der Waals surface area contributed by atoms with E-state index >= 15 is 0 Å². The Morgan fingerprint density at radius 2 is 2.20 bits per heavy atom. The number of fused-ring (bicyclic) bond motifs is 2. The van der Waals surface area contributed by atoms with Gasteiger partial charge in [0.1, 0.15) is 0 Å². The van der Waals surface area contributed by atoms with E-state index in [0.717, 1.165) is 12.1 Å². The first-order valence-corrected chi connectivity index (χ1v) is 4.43. The van der Waals surface area contributed by atoms with Crippen molar-refractivity contribution >= 4 is 0 Å². The molecule has 0 aromatic carbocycles. The van der Waals surface area contributed by atoms with Gasteiger partial charge in [-0.15, -0.1) is 0 Å². The Morgan fingerprint density at radius 3 is 2.90 bits per heavy atom. The monoisotopic (exact) mass is 138 g/mol. The molecule has 0 saturated carbocycles. The van der Waals surface area contributed by atoms with E-state index in [-0.39, 0.29) is 0 Å². The average molecular weight is 138 g/mol. The lowest BCUT2D eigenvalue weighted by molar-refractivity contribution is 0.0996. The summed E-state index contributed by atoms with van der Waals surface area (Å²) >= 11 is 0. The first kappa shape index (κ1) is 6.66. The molecule has 2 aliphatic rings. The van der Waals surface area contributed by atoms with Crippen LogP contribution in [0, 0.1) is 6.42 Å². The minimum absolute atomic E-state index is 0.826. The zero-order valence-corrected chi connectivity index (χ0v) is 6.71. The number of rotatable bonds is 0. The van der Waals surface area contributed by atoms with Crippen LogP contribution in [0.2, 0.25) is 0 Å². The summed E-state index contributed by atoms with van der Waals surface area (Å²) in [6.45, 7) is 0. The minimum atomic E-state index is 0.826. The molecule has 0 aromatic heterocycles. The van der Waals surface area contributed by atoms with Crippen LogP contribution in [0.3, 0.4) is 0 Å². The van der Waals surface area contributed by atoms with Crippen molar-refractivity contribution in [2.45, 2.75) is 44.2 Å². The summed E-state index contributed by atoms with van der Waals surface area (Å²) in [5.41, 5.74) is 0. The van der Waals surface area contributed by atoms with E-state index in [1.807, 2.05) is 0 Å². The Balaban J connectivity index is 2.05. The van der Waals surface area contributed by atoms with Crippen molar-refractivity contribution < 1.29 is 0 Å². The number of nitrogens with zero attached hydrogens (tertiary/aromatic N) is 1. The summed E-state index contributed by atoms with van der Waals surface area (Å²) in [4.78, 5) is 2.56. The molecule has 2 bridgehead atoms. The smallest absolute Gasteiger partial charge is 0.0127 e. The zero-order valence-electron chi connectivity index (χ0n) is 6.71. The van der Waals surface area contributed by atoms with Crippen LogP contribution in [0.15, 0.2) is 0 Å². The predicted octanol–water partition coefficient (Wildman–Crippen LogP) is 1.84. The second-order valence-corrected chi connectivity index (χ2v) is 3.63. The zero-order chi connectivity index (χ0) is 6.97. The fourth-order valence-corrected chi connectivity index (χ4v) is 2.35. The lowest BCUT2D eigenvalue weighted by Crippen LogP contribution is -2.47. The van der Waals surface area contributed by atoms with Crippen LogP contribution < -0.4 is 0 Å². The van der Waals surface area contributed by atoms with Crippen LogP contribution in [0.1, 0.15) is 32.1 Å². The molecule has 0 aliphatic carbocycles. The third kappa shape index (κ3) is 0.968. The molecule has 0 aromatic rings. The Labute approximate surface area is 63.4 Å². The third-order valence-corrected chi connectivity index (χ3v) is 3.07. The standard InChI is InChI=1S/C9H16N/c1-10-8-4-2-5-9(10)7-3-6-8/h4,8-9H,2-3,5-7H2,1H3. The van der Waals surface area contributed by atoms with Crippen LogP contribution in [0.25, 0.3) is 0 Å². The molecule has 1 nitrogen and oxygen atoms in total. The van der Waals surface area contributed by atoms with E-state index in [2.05, 4.69) is 18.4 Å². The summed E-state index contributed by atoms with van der Waals surface area (Å²) in [5.74, 6) is 0. The topological polar surface area (TPSA) is 3.24 Å². The lowest BCUT2D eigenvalue weighted by atomic mass is 9.85. The second-order valence-electron chi connectivity index (χ2n) is 3.63. The van der Waals surface area contributed by atoms with E-state index in [1.165, 1.54) is 32.1 Å². The van der Waals surface area contributed by atoms with Crippen molar-refractivity contribution in [1.82, 2.24) is 4.90 Å². The molecule has 2 fully saturated rings. The maximum absolute atomic E-state index is 2.56. The molecule has 2 aliphatic heterocycles. The van der Waals surface area contributed by atoms with Crippen LogP contribution in [0.5, 0.6) is 0 Å². The molecule has 0 N–H and O–H groups in total. The number of hydrogen-bond acceptors (Lipinski definition) is 1. The van der Waals surface area contributed by atoms with E-state index in [1.54, 1.807) is 0 Å². The fourth-order valence-electron chi connectivity index (χ4n) is 2.35. The van der Waals surface area contributed by atoms with E-state index in [4.69, 9.17) is 0 Å². The summed E-state index contributed by atoms with van der Waals surface area (Å²) in [6, 6.07) is 1.75. The van der Waals surface area contributed by atoms with Gasteiger partial charge in [-0.2, -0.15) is 0 Å². The maximum atomic E-state index is 2.56. The molecule has 57 valence electrons. The molecule has 10 heavy (non-hydrogen) atoms. The highest BCUT2D eigenvalue weighted by atomic mass is 15.2. The van der Waals surface area contributed by atoms with Crippen molar-refractivity contribution in [3.05, 3.63) is 6.42 Å². The Bertz CT molecular complexity index is 99.9. The first-order valence-electron chi connectivity index (χ1n) is 4.43. The molecule has 1 radical (unpaired) electrons. The van der Waals surface area contributed by atoms with Gasteiger partial charge in [-0.25, -0.2) is 0 Å². The Kier molecular flexibility index (Phi) is 1.69. The average Bonchev–Trinajstić information content (AvgIpc) is 1.86. The van der Waals surface area contributed by atoms with Gasteiger partial charge in [0, 0.05) is 12.1 Å². The van der Waals surface area contributed by atoms with E-state index in [9.17, 15) is 0 Å². The van der Waals surface area contributed by atoms with Crippen LogP contribution in [-0.2, 0) is 0 Å². The van der Waals surface area contributed by atoms with Gasteiger partial charge < -0.3 is 4.90 Å². The van der Waals surface area contributed by atoms with E-state index in [0.29, 0.717) is 0 Å². The molecule has 2 rings (SSSR count). The van der Waals surface area contributed by atoms with Gasteiger partial charge >= 0.3 is 0 Å². The van der Waals surface area contributed by atoms with Gasteiger partial charge in [0.25, 0.3) is 0 Å². The molecule has 1 heteroatoms. The summed E-state index contributed by atoms with van der Waals surface area (Å²) in [5, 5.41) is 0. The minimum Gasteiger partial charge on any atom is -0.300 e. The van der Waals surface area contributed by atoms with Gasteiger partial charge in [0.05, 0.1) is 0 Å². The van der Waals surface area contributed by atoms with Gasteiger partial charge in [-0.3, -0.25) is 0 Å². The number of piperidine rings is 2. The molecular weight excluding hydrogens is 122 g/mol. The quantitative estimate of drug-likeness (QED) is 0.493. The molecular formula is C9H16N. The largest absolute Gasteiger partial charge is 0.300 e. The third-order valence-electron chi connectivity index (χ3n) is 3.07. The molecule has 0 spiro atoms. The van der Waals surface area contributed by atoms with Gasteiger partial charge in [0.15, 0.2) is 0 Å². The fraction of sp³-hybridized carbons (Fsp3) is 0.889. The molecule has 2 heterocycles. The lowest BCUT2D eigenvalue weighted by Gasteiger charge is -2.43. The van der Waals surface area contributed by atoms with Crippen molar-refractivity contribution in [3.63, 3.8) is 0 Å². The highest BCUT2D eigenvalue weighted by Crippen LogP contribution is 2.31. The SMILES string of the molecule is CN1C2[CH]CCC1CCC2. The van der Waals surface area contributed by atoms with Crippen molar-refractivity contribution in [1.29, 1.82) is 0 Å². The molecule has 2 atom stereocenters. The summed E-state index contributed by atoms with van der Waals surface area (Å²) < 4.78 is 0. The summed E-state index contributed by atoms with van der Waals surface area (Å²) in [6.07, 6.45) is 9.58. The molecule has 0 amide bonds. The van der Waals surface area contributed by atoms with E-state index < -0.39 is 0 Å². The van der Waals surface area contributed by atoms with Gasteiger partial charge in [0.2, 0.25) is 0 Å². The second kappa shape index (κ2) is 2.54. The highest BCUT2D eigenvalue weighted by Gasteiger charge is 2.30. The highest BCUT2D eigenvalue weighted by molar-refractivity contribution is 4.96. The predicted molar refractivity (Wildman–Crippen MR) is 42.7 cm³/mol. The maximum Gasteiger partial charge on any atom is 0.0127 e. The molecule has 2 saturated heterocycles. The molecule has 2 unspecified atom stereocenters. The first-order chi connectivity index (χ1) is 4.88. The van der Waals surface area contributed by atoms with Gasteiger partial charge in [-0.05, 0) is 39.2 Å². The Morgan fingerprint density at radius 1 is 1.30 bits per heavy atom. The summed E-state index contributed by atoms with van der Waals surface area (Å²) in [7, 11) is 2.28. The van der Waals surface area contributed by atoms with Crippen molar-refractivity contribution in [2.24, 2.45) is 0 Å². The normalized spacial score (nSPS) is 41.7. The Hall–Kier alpha value is -0.0400. The van der Waals surface area contributed by atoms with Crippen LogP contribution >= 0.6 is 0 Å². The van der Waals surface area contributed by atoms with Gasteiger partial charge in [-0.1, -0.05) is 6.42 Å². The number of hydrogen-bond donors (Lipinski definition) is 0. The van der Waals surface area contributed by atoms with Crippen molar-refractivity contribution in [2.75, 3.05) is 7.05 Å². The van der Waals surface area contributed by atoms with Crippen LogP contribution in [-0.4, -0.2) is 24.0 Å². The van der Waals surface area contributed by atoms with Crippen LogP contribution in [0.4, 0.5) is 0 Å².